The van der Waals surface area contributed by atoms with Gasteiger partial charge in [-0.15, -0.1) is 0 Å². The minimum Gasteiger partial charge on any atom is -0.309 e. The molecular formula is C38H29N. The Balaban J connectivity index is 1.55. The van der Waals surface area contributed by atoms with Gasteiger partial charge in [0.2, 0.25) is 0 Å². The molecular weight excluding hydrogens is 470 g/mol. The molecule has 0 aliphatic carbocycles. The second-order valence-electron chi connectivity index (χ2n) is 9.44. The Labute approximate surface area is 231 Å². The first-order chi connectivity index (χ1) is 19.4. The first-order valence-corrected chi connectivity index (χ1v) is 13.3. The van der Waals surface area contributed by atoms with Gasteiger partial charge in [0, 0.05) is 11.3 Å². The molecule has 6 aromatic rings. The molecule has 0 saturated heterocycles. The fourth-order valence-corrected chi connectivity index (χ4v) is 4.98. The Hall–Kier alpha value is -5.14. The molecule has 0 fully saturated rings. The molecule has 0 aromatic heterocycles. The zero-order valence-electron chi connectivity index (χ0n) is 21.7. The predicted octanol–water partition coefficient (Wildman–Crippen LogP) is 10.7. The molecule has 0 heterocycles. The lowest BCUT2D eigenvalue weighted by Gasteiger charge is -2.29. The summed E-state index contributed by atoms with van der Waals surface area (Å²) in [5, 5.41) is 0. The Morgan fingerprint density at radius 3 is 1.69 bits per heavy atom. The molecule has 6 rings (SSSR count). The molecule has 1 nitrogen and oxygen atoms in total. The van der Waals surface area contributed by atoms with Gasteiger partial charge in [-0.1, -0.05) is 152 Å². The van der Waals surface area contributed by atoms with E-state index in [1.54, 1.807) is 0 Å². The first kappa shape index (κ1) is 24.2. The lowest BCUT2D eigenvalue weighted by Crippen LogP contribution is -2.12. The van der Waals surface area contributed by atoms with Gasteiger partial charge in [-0.3, -0.25) is 0 Å². The number of para-hydroxylation sites is 2. The molecule has 0 bridgehead atoms. The van der Waals surface area contributed by atoms with Gasteiger partial charge < -0.3 is 4.90 Å². The van der Waals surface area contributed by atoms with Crippen LogP contribution >= 0.6 is 0 Å². The van der Waals surface area contributed by atoms with Crippen LogP contribution in [0.2, 0.25) is 0 Å². The monoisotopic (exact) mass is 499 g/mol. The Bertz CT molecular complexity index is 1690. The third kappa shape index (κ3) is 5.44. The fraction of sp³-hybridized carbons (Fsp3) is 0. The average molecular weight is 500 g/mol. The fourth-order valence-electron chi connectivity index (χ4n) is 4.98. The number of anilines is 3. The van der Waals surface area contributed by atoms with E-state index in [4.69, 9.17) is 0 Å². The molecule has 0 N–H and O–H groups in total. The van der Waals surface area contributed by atoms with E-state index < -0.39 is 0 Å². The smallest absolute Gasteiger partial charge is 0.0540 e. The number of rotatable bonds is 7. The van der Waals surface area contributed by atoms with Crippen molar-refractivity contribution in [1.82, 2.24) is 0 Å². The molecule has 0 radical (unpaired) electrons. The molecule has 0 atom stereocenters. The van der Waals surface area contributed by atoms with Crippen molar-refractivity contribution < 1.29 is 0 Å². The Morgan fingerprint density at radius 1 is 0.385 bits per heavy atom. The van der Waals surface area contributed by atoms with E-state index in [0.29, 0.717) is 0 Å². The number of nitrogens with zero attached hydrogens (tertiary/aromatic N) is 1. The van der Waals surface area contributed by atoms with Crippen LogP contribution in [-0.2, 0) is 0 Å². The Kier molecular flexibility index (Phi) is 7.14. The maximum absolute atomic E-state index is 2.39. The van der Waals surface area contributed by atoms with Crippen LogP contribution in [0.4, 0.5) is 17.1 Å². The van der Waals surface area contributed by atoms with E-state index in [1.165, 1.54) is 27.8 Å². The highest BCUT2D eigenvalue weighted by Gasteiger charge is 2.19. The van der Waals surface area contributed by atoms with Gasteiger partial charge in [-0.25, -0.2) is 0 Å². The van der Waals surface area contributed by atoms with Gasteiger partial charge in [0.25, 0.3) is 0 Å². The summed E-state index contributed by atoms with van der Waals surface area (Å²) < 4.78 is 0. The van der Waals surface area contributed by atoms with Crippen LogP contribution in [0.3, 0.4) is 0 Å². The SMILES string of the molecule is C(=Cc1ccccc1N(c1cccc(-c2ccccc2)c1)c1ccccc1-c1ccccc1)c1ccccc1. The van der Waals surface area contributed by atoms with E-state index >= 15 is 0 Å². The normalized spacial score (nSPS) is 11.0. The van der Waals surface area contributed by atoms with Gasteiger partial charge in [0.1, 0.15) is 0 Å². The van der Waals surface area contributed by atoms with Gasteiger partial charge in [-0.05, 0) is 52.1 Å². The summed E-state index contributed by atoms with van der Waals surface area (Å²) in [6, 6.07) is 57.8. The summed E-state index contributed by atoms with van der Waals surface area (Å²) in [6.45, 7) is 0. The summed E-state index contributed by atoms with van der Waals surface area (Å²) >= 11 is 0. The van der Waals surface area contributed by atoms with Crippen molar-refractivity contribution in [2.24, 2.45) is 0 Å². The van der Waals surface area contributed by atoms with Crippen LogP contribution in [0.1, 0.15) is 11.1 Å². The van der Waals surface area contributed by atoms with E-state index in [-0.39, 0.29) is 0 Å². The molecule has 186 valence electrons. The Morgan fingerprint density at radius 2 is 0.949 bits per heavy atom. The van der Waals surface area contributed by atoms with E-state index in [0.717, 1.165) is 22.6 Å². The molecule has 0 unspecified atom stereocenters. The zero-order valence-corrected chi connectivity index (χ0v) is 21.7. The molecule has 1 heteroatoms. The van der Waals surface area contributed by atoms with Crippen LogP contribution in [0.15, 0.2) is 164 Å². The highest BCUT2D eigenvalue weighted by atomic mass is 15.1. The van der Waals surface area contributed by atoms with Crippen molar-refractivity contribution in [1.29, 1.82) is 0 Å². The number of hydrogen-bond donors (Lipinski definition) is 0. The van der Waals surface area contributed by atoms with Crippen LogP contribution in [0.25, 0.3) is 34.4 Å². The molecule has 0 aliphatic rings. The zero-order chi connectivity index (χ0) is 26.3. The summed E-state index contributed by atoms with van der Waals surface area (Å²) in [5.74, 6) is 0. The first-order valence-electron chi connectivity index (χ1n) is 13.3. The van der Waals surface area contributed by atoms with Gasteiger partial charge >= 0.3 is 0 Å². The van der Waals surface area contributed by atoms with Crippen LogP contribution in [0.5, 0.6) is 0 Å². The summed E-state index contributed by atoms with van der Waals surface area (Å²) in [4.78, 5) is 2.39. The molecule has 39 heavy (non-hydrogen) atoms. The second kappa shape index (κ2) is 11.5. The van der Waals surface area contributed by atoms with E-state index in [2.05, 4.69) is 175 Å². The van der Waals surface area contributed by atoms with Crippen molar-refractivity contribution >= 4 is 29.2 Å². The number of benzene rings is 6. The summed E-state index contributed by atoms with van der Waals surface area (Å²) in [6.07, 6.45) is 4.39. The highest BCUT2D eigenvalue weighted by Crippen LogP contribution is 2.43. The summed E-state index contributed by atoms with van der Waals surface area (Å²) in [7, 11) is 0. The average Bonchev–Trinajstić information content (AvgIpc) is 3.02. The minimum absolute atomic E-state index is 1.11. The summed E-state index contributed by atoms with van der Waals surface area (Å²) in [5.41, 5.74) is 10.5. The quantitative estimate of drug-likeness (QED) is 0.197. The largest absolute Gasteiger partial charge is 0.309 e. The highest BCUT2D eigenvalue weighted by molar-refractivity contribution is 5.92. The minimum atomic E-state index is 1.11. The van der Waals surface area contributed by atoms with Crippen LogP contribution in [-0.4, -0.2) is 0 Å². The number of hydrogen-bond acceptors (Lipinski definition) is 1. The van der Waals surface area contributed by atoms with E-state index in [1.807, 2.05) is 6.07 Å². The maximum atomic E-state index is 2.39. The van der Waals surface area contributed by atoms with Crippen molar-refractivity contribution in [2.45, 2.75) is 0 Å². The molecule has 0 spiro atoms. The van der Waals surface area contributed by atoms with Crippen LogP contribution in [0, 0.1) is 0 Å². The predicted molar refractivity (Wildman–Crippen MR) is 167 cm³/mol. The van der Waals surface area contributed by atoms with E-state index in [9.17, 15) is 0 Å². The molecule has 0 aliphatic heterocycles. The van der Waals surface area contributed by atoms with Crippen molar-refractivity contribution in [3.8, 4) is 22.3 Å². The van der Waals surface area contributed by atoms with Crippen molar-refractivity contribution in [2.75, 3.05) is 4.90 Å². The lowest BCUT2D eigenvalue weighted by molar-refractivity contribution is 1.28. The van der Waals surface area contributed by atoms with Gasteiger partial charge in [0.15, 0.2) is 0 Å². The van der Waals surface area contributed by atoms with Crippen molar-refractivity contribution in [3.05, 3.63) is 175 Å². The van der Waals surface area contributed by atoms with Crippen LogP contribution < -0.4 is 4.90 Å². The molecule has 0 saturated carbocycles. The third-order valence-corrected chi connectivity index (χ3v) is 6.87. The molecule has 6 aromatic carbocycles. The third-order valence-electron chi connectivity index (χ3n) is 6.87. The van der Waals surface area contributed by atoms with Gasteiger partial charge in [-0.2, -0.15) is 0 Å². The molecule has 0 amide bonds. The maximum Gasteiger partial charge on any atom is 0.0540 e. The second-order valence-corrected chi connectivity index (χ2v) is 9.44. The van der Waals surface area contributed by atoms with Gasteiger partial charge in [0.05, 0.1) is 11.4 Å². The lowest BCUT2D eigenvalue weighted by atomic mass is 9.99. The topological polar surface area (TPSA) is 3.24 Å². The van der Waals surface area contributed by atoms with Crippen molar-refractivity contribution in [3.63, 3.8) is 0 Å². The standard InChI is InChI=1S/C38H29N/c1-4-15-30(16-5-1)27-28-33-21-10-12-25-37(33)39(35-23-14-22-34(29-35)31-17-6-2-7-18-31)38-26-13-11-24-36(38)32-19-8-3-9-20-32/h1-29H.